The van der Waals surface area contributed by atoms with Gasteiger partial charge in [-0.2, -0.15) is 0 Å². The zero-order valence-electron chi connectivity index (χ0n) is 22.8. The Balaban J connectivity index is 1.53. The number of thioether (sulfide) groups is 1. The third-order valence-electron chi connectivity index (χ3n) is 7.18. The average molecular weight is 596 g/mol. The molecule has 6 amide bonds. The number of aromatic hydroxyl groups is 1. The van der Waals surface area contributed by atoms with Gasteiger partial charge in [0.25, 0.3) is 11.8 Å². The molecule has 2 aromatic carbocycles. The van der Waals surface area contributed by atoms with Crippen molar-refractivity contribution in [2.45, 2.75) is 41.7 Å². The summed E-state index contributed by atoms with van der Waals surface area (Å²) in [4.78, 5) is 77.7. The molecule has 13 nitrogen and oxygen atoms in total. The second-order valence-electron chi connectivity index (χ2n) is 10.1. The van der Waals surface area contributed by atoms with Gasteiger partial charge in [0.1, 0.15) is 23.2 Å². The van der Waals surface area contributed by atoms with Crippen LogP contribution in [0, 0.1) is 0 Å². The lowest BCUT2D eigenvalue weighted by molar-refractivity contribution is -0.175. The van der Waals surface area contributed by atoms with Crippen LogP contribution in [0.1, 0.15) is 31.0 Å². The number of phenols is 1. The van der Waals surface area contributed by atoms with Crippen molar-refractivity contribution in [2.24, 2.45) is 0 Å². The molecular formula is C28H29N5O8S. The van der Waals surface area contributed by atoms with Crippen molar-refractivity contribution in [1.29, 1.82) is 0 Å². The second kappa shape index (κ2) is 11.6. The summed E-state index contributed by atoms with van der Waals surface area (Å²) in [5, 5.41) is 26.2. The molecule has 2 saturated heterocycles. The second-order valence-corrected chi connectivity index (χ2v) is 11.8. The standard InChI is InChI=1S/C28H29N5O8S/c1-27(2)28(25(39)40,29-15-34)33-23(38)21(24(33)42-27)30-22(37)20(17-10-12-18(35)13-11-17)31-26(41)32(3)19(36)14-9-16-7-5-4-6-8-16/h4-15,20-21,24,35H,1-3H3,(H,29,34)(H,30,37)(H,31,41)(H,39,40)/t20?,21-,24+,28-/m0/s1. The minimum absolute atomic E-state index is 0.0929. The van der Waals surface area contributed by atoms with Crippen LogP contribution in [0.5, 0.6) is 5.75 Å². The van der Waals surface area contributed by atoms with Crippen LogP contribution in [0.4, 0.5) is 4.79 Å². The number of hydrogen-bond donors (Lipinski definition) is 5. The number of imide groups is 1. The lowest BCUT2D eigenvalue weighted by Crippen LogP contribution is -2.79. The molecular weight excluding hydrogens is 566 g/mol. The van der Waals surface area contributed by atoms with E-state index in [0.29, 0.717) is 0 Å². The van der Waals surface area contributed by atoms with Gasteiger partial charge in [0.15, 0.2) is 0 Å². The molecule has 14 heteroatoms. The van der Waals surface area contributed by atoms with Crippen molar-refractivity contribution in [3.63, 3.8) is 0 Å². The molecule has 2 aromatic rings. The van der Waals surface area contributed by atoms with Gasteiger partial charge in [-0.3, -0.25) is 29.0 Å². The maximum Gasteiger partial charge on any atom is 0.352 e. The Bertz CT molecular complexity index is 1450. The number of carboxylic acid groups (broad SMARTS) is 1. The molecule has 0 radical (unpaired) electrons. The first-order chi connectivity index (χ1) is 19.8. The molecule has 2 heterocycles. The van der Waals surface area contributed by atoms with Crippen molar-refractivity contribution in [1.82, 2.24) is 25.8 Å². The Morgan fingerprint density at radius 1 is 1.07 bits per heavy atom. The molecule has 5 N–H and O–H groups in total. The summed E-state index contributed by atoms with van der Waals surface area (Å²) < 4.78 is -1.17. The zero-order chi connectivity index (χ0) is 30.8. The third-order valence-corrected chi connectivity index (χ3v) is 8.78. The maximum absolute atomic E-state index is 13.5. The zero-order valence-corrected chi connectivity index (χ0v) is 23.6. The average Bonchev–Trinajstić information content (AvgIpc) is 3.18. The van der Waals surface area contributed by atoms with Crippen LogP contribution in [-0.4, -0.2) is 85.0 Å². The van der Waals surface area contributed by atoms with Crippen LogP contribution in [0.3, 0.4) is 0 Å². The van der Waals surface area contributed by atoms with Crippen LogP contribution in [0.15, 0.2) is 60.7 Å². The van der Waals surface area contributed by atoms with E-state index < -0.39 is 57.6 Å². The Morgan fingerprint density at radius 2 is 1.71 bits per heavy atom. The van der Waals surface area contributed by atoms with Gasteiger partial charge in [0.05, 0.1) is 4.75 Å². The van der Waals surface area contributed by atoms with E-state index in [2.05, 4.69) is 16.0 Å². The number of carbonyl (C=O) groups is 6. The summed E-state index contributed by atoms with van der Waals surface area (Å²) in [7, 11) is 1.23. The van der Waals surface area contributed by atoms with Crippen molar-refractivity contribution in [3.8, 4) is 5.75 Å². The van der Waals surface area contributed by atoms with Gasteiger partial charge in [-0.15, -0.1) is 11.8 Å². The number of rotatable bonds is 9. The number of carboxylic acids is 1. The summed E-state index contributed by atoms with van der Waals surface area (Å²) in [5.74, 6) is -3.75. The predicted molar refractivity (Wildman–Crippen MR) is 151 cm³/mol. The molecule has 0 saturated carbocycles. The van der Waals surface area contributed by atoms with Crippen molar-refractivity contribution >= 4 is 54.0 Å². The van der Waals surface area contributed by atoms with Crippen LogP contribution in [-0.2, 0) is 24.0 Å². The molecule has 0 bridgehead atoms. The van der Waals surface area contributed by atoms with E-state index in [1.807, 2.05) is 6.07 Å². The van der Waals surface area contributed by atoms with E-state index in [1.54, 1.807) is 38.1 Å². The van der Waals surface area contributed by atoms with Crippen LogP contribution >= 0.6 is 11.8 Å². The first kappa shape index (κ1) is 30.1. The smallest absolute Gasteiger partial charge is 0.352 e. The lowest BCUT2D eigenvalue weighted by Gasteiger charge is -2.49. The predicted octanol–water partition coefficient (Wildman–Crippen LogP) is 1.02. The van der Waals surface area contributed by atoms with Crippen molar-refractivity contribution in [3.05, 3.63) is 71.8 Å². The number of likely N-dealkylation sites (N-methyl/N-ethyl adjacent to an activating group) is 1. The van der Waals surface area contributed by atoms with Gasteiger partial charge in [0.2, 0.25) is 18.0 Å². The fourth-order valence-corrected chi connectivity index (χ4v) is 6.58. The molecule has 2 aliphatic rings. The minimum Gasteiger partial charge on any atom is -0.508 e. The van der Waals surface area contributed by atoms with E-state index in [4.69, 9.17) is 0 Å². The number of amides is 6. The highest BCUT2D eigenvalue weighted by Crippen LogP contribution is 2.55. The van der Waals surface area contributed by atoms with Crippen LogP contribution in [0.2, 0.25) is 0 Å². The molecule has 2 fully saturated rings. The highest BCUT2D eigenvalue weighted by atomic mass is 32.2. The Labute approximate surface area is 244 Å². The van der Waals surface area contributed by atoms with Gasteiger partial charge in [-0.05, 0) is 43.2 Å². The summed E-state index contributed by atoms with van der Waals surface area (Å²) in [6, 6.07) is 10.9. The molecule has 42 heavy (non-hydrogen) atoms. The summed E-state index contributed by atoms with van der Waals surface area (Å²) in [6.45, 7) is 3.12. The van der Waals surface area contributed by atoms with E-state index in [1.165, 1.54) is 43.5 Å². The van der Waals surface area contributed by atoms with Gasteiger partial charge in [-0.1, -0.05) is 42.5 Å². The third kappa shape index (κ3) is 5.28. The number of hydrogen-bond acceptors (Lipinski definition) is 8. The number of phenolic OH excluding ortho intramolecular Hbond substituents is 1. The van der Waals surface area contributed by atoms with E-state index in [-0.39, 0.29) is 17.7 Å². The number of benzene rings is 2. The quantitative estimate of drug-likeness (QED) is 0.160. The number of carbonyl (C=O) groups excluding carboxylic acids is 5. The van der Waals surface area contributed by atoms with Crippen LogP contribution < -0.4 is 16.0 Å². The first-order valence-electron chi connectivity index (χ1n) is 12.7. The monoisotopic (exact) mass is 595 g/mol. The van der Waals surface area contributed by atoms with E-state index >= 15 is 0 Å². The number of fused-ring (bicyclic) bond motifs is 1. The number of aliphatic carboxylic acids is 1. The van der Waals surface area contributed by atoms with Gasteiger partial charge in [0, 0.05) is 13.1 Å². The van der Waals surface area contributed by atoms with Gasteiger partial charge >= 0.3 is 12.0 Å². The highest BCUT2D eigenvalue weighted by molar-refractivity contribution is 8.01. The van der Waals surface area contributed by atoms with Crippen molar-refractivity contribution in [2.75, 3.05) is 7.05 Å². The first-order valence-corrected chi connectivity index (χ1v) is 13.6. The number of nitrogens with zero attached hydrogens (tertiary/aromatic N) is 2. The highest BCUT2D eigenvalue weighted by Gasteiger charge is 2.73. The number of urea groups is 1. The summed E-state index contributed by atoms with van der Waals surface area (Å²) in [6.07, 6.45) is 2.94. The van der Waals surface area contributed by atoms with E-state index in [9.17, 15) is 39.0 Å². The molecule has 4 rings (SSSR count). The Morgan fingerprint density at radius 3 is 2.31 bits per heavy atom. The fourth-order valence-electron chi connectivity index (χ4n) is 4.87. The maximum atomic E-state index is 13.5. The lowest BCUT2D eigenvalue weighted by atomic mass is 9.88. The normalized spacial score (nSPS) is 22.8. The van der Waals surface area contributed by atoms with Gasteiger partial charge < -0.3 is 26.2 Å². The minimum atomic E-state index is -2.04. The summed E-state index contributed by atoms with van der Waals surface area (Å²) in [5.41, 5.74) is -1.06. The van der Waals surface area contributed by atoms with Crippen molar-refractivity contribution < 1.29 is 39.0 Å². The number of β-lactam (4-membered cyclic amide) rings is 1. The topological polar surface area (TPSA) is 185 Å². The summed E-state index contributed by atoms with van der Waals surface area (Å²) >= 11 is 1.09. The molecule has 4 atom stereocenters. The molecule has 0 aromatic heterocycles. The molecule has 1 unspecified atom stereocenters. The molecule has 0 aliphatic carbocycles. The molecule has 220 valence electrons. The molecule has 0 spiro atoms. The van der Waals surface area contributed by atoms with Crippen LogP contribution in [0.25, 0.3) is 6.08 Å². The Hall–Kier alpha value is -4.85. The largest absolute Gasteiger partial charge is 0.508 e. The number of nitrogens with one attached hydrogen (secondary N) is 3. The SMILES string of the molecule is CN(C(=O)C=Cc1ccccc1)C(=O)NC(C(=O)N[C@H]1C(=O)N2[C@@H]1SC(C)(C)[C@]2(NC=O)C(=O)O)c1ccc(O)cc1. The van der Waals surface area contributed by atoms with Gasteiger partial charge in [-0.25, -0.2) is 9.59 Å². The Kier molecular flexibility index (Phi) is 8.29. The van der Waals surface area contributed by atoms with E-state index in [0.717, 1.165) is 27.1 Å². The molecule has 2 aliphatic heterocycles. The fraction of sp³-hybridized carbons (Fsp3) is 0.286.